The summed E-state index contributed by atoms with van der Waals surface area (Å²) in [7, 11) is 1.53. The molecule has 1 saturated carbocycles. The predicted octanol–water partition coefficient (Wildman–Crippen LogP) is 4.07. The van der Waals surface area contributed by atoms with E-state index in [0.29, 0.717) is 65.3 Å². The van der Waals surface area contributed by atoms with E-state index in [9.17, 15) is 29.2 Å². The van der Waals surface area contributed by atoms with Crippen molar-refractivity contribution in [3.8, 4) is 17.5 Å². The number of carbonyl (C=O) groups excluding carboxylic acids is 5. The fraction of sp³-hybridized carbons (Fsp3) is 0.457. The van der Waals surface area contributed by atoms with Crippen LogP contribution in [0.2, 0.25) is 0 Å². The van der Waals surface area contributed by atoms with Crippen LogP contribution >= 0.6 is 0 Å². The molecule has 2 atom stereocenters. The Bertz CT molecular complexity index is 2520. The molecule has 4 aliphatic rings. The third-order valence-corrected chi connectivity index (χ3v) is 12.2. The summed E-state index contributed by atoms with van der Waals surface area (Å²) in [6.07, 6.45) is 9.09. The highest BCUT2D eigenvalue weighted by Gasteiger charge is 2.41. The Morgan fingerprint density at radius 1 is 0.955 bits per heavy atom. The number of carbonyl (C=O) groups is 5. The lowest BCUT2D eigenvalue weighted by molar-refractivity contribution is -0.137. The fourth-order valence-electron chi connectivity index (χ4n) is 9.04. The molecule has 20 nitrogen and oxygen atoms in total. The van der Waals surface area contributed by atoms with Crippen molar-refractivity contribution in [3.05, 3.63) is 77.0 Å². The molecule has 0 spiro atoms. The smallest absolute Gasteiger partial charge is 0.255 e. The number of methoxy groups -OCH3 is 1. The van der Waals surface area contributed by atoms with Crippen molar-refractivity contribution in [2.45, 2.75) is 83.0 Å². The van der Waals surface area contributed by atoms with Gasteiger partial charge in [-0.3, -0.25) is 33.9 Å². The second kappa shape index (κ2) is 20.9. The Balaban J connectivity index is 0.721. The minimum Gasteiger partial charge on any atom is -0.495 e. The second-order valence-electron chi connectivity index (χ2n) is 16.3. The van der Waals surface area contributed by atoms with Gasteiger partial charge in [-0.2, -0.15) is 10.2 Å². The first kappa shape index (κ1) is 45.6. The number of hydrogen-bond donors (Lipinski definition) is 4. The number of amides is 5. The number of rotatable bonds is 20. The van der Waals surface area contributed by atoms with Gasteiger partial charge in [0.2, 0.25) is 23.7 Å². The van der Waals surface area contributed by atoms with Gasteiger partial charge >= 0.3 is 0 Å². The van der Waals surface area contributed by atoms with Gasteiger partial charge in [-0.05, 0) is 56.0 Å². The van der Waals surface area contributed by atoms with Crippen LogP contribution in [0.5, 0.6) is 5.75 Å². The SMILES string of the molecule is CC[C@@H]1c2c(C#N)ncn2-c2cnc(Nc3ccc(C(=O)NCCOCCOCCOCCC(=O)Nc4cccc5c4CN(C4CCC(=O)NC4=O)C5=O)cc3OC)nc2N1C1CCCC1. The van der Waals surface area contributed by atoms with Gasteiger partial charge in [0.05, 0.1) is 76.8 Å². The van der Waals surface area contributed by atoms with Crippen LogP contribution in [-0.2, 0) is 35.1 Å². The monoisotopic (exact) mass is 903 g/mol. The van der Waals surface area contributed by atoms with Gasteiger partial charge in [0.25, 0.3) is 11.8 Å². The summed E-state index contributed by atoms with van der Waals surface area (Å²) in [5, 5.41) is 21.1. The molecule has 2 fully saturated rings. The number of aromatic nitrogens is 4. The molecular formula is C46H53N11O9. The zero-order chi connectivity index (χ0) is 46.2. The molecule has 66 heavy (non-hydrogen) atoms. The first-order valence-corrected chi connectivity index (χ1v) is 22.3. The van der Waals surface area contributed by atoms with Crippen LogP contribution in [0.15, 0.2) is 48.9 Å². The molecule has 3 aliphatic heterocycles. The molecule has 5 amide bonds. The lowest BCUT2D eigenvalue weighted by atomic mass is 10.0. The van der Waals surface area contributed by atoms with E-state index in [1.807, 2.05) is 4.57 Å². The maximum Gasteiger partial charge on any atom is 0.255 e. The number of hydrogen-bond acceptors (Lipinski definition) is 15. The summed E-state index contributed by atoms with van der Waals surface area (Å²) in [5.41, 5.74) is 4.60. The van der Waals surface area contributed by atoms with Gasteiger partial charge in [-0.1, -0.05) is 25.8 Å². The van der Waals surface area contributed by atoms with Gasteiger partial charge in [0, 0.05) is 47.9 Å². The van der Waals surface area contributed by atoms with Crippen LogP contribution in [0.25, 0.3) is 5.69 Å². The first-order chi connectivity index (χ1) is 32.2. The molecular weight excluding hydrogens is 851 g/mol. The molecule has 20 heteroatoms. The van der Waals surface area contributed by atoms with E-state index >= 15 is 0 Å². The second-order valence-corrected chi connectivity index (χ2v) is 16.3. The zero-order valence-electron chi connectivity index (χ0n) is 37.0. The molecule has 5 heterocycles. The third kappa shape index (κ3) is 9.83. The molecule has 2 aromatic carbocycles. The first-order valence-electron chi connectivity index (χ1n) is 22.3. The zero-order valence-corrected chi connectivity index (χ0v) is 37.0. The number of nitriles is 1. The van der Waals surface area contributed by atoms with Crippen molar-refractivity contribution in [1.82, 2.24) is 35.1 Å². The largest absolute Gasteiger partial charge is 0.495 e. The van der Waals surface area contributed by atoms with E-state index in [1.165, 1.54) is 12.0 Å². The predicted molar refractivity (Wildman–Crippen MR) is 238 cm³/mol. The number of ether oxygens (including phenoxy) is 4. The summed E-state index contributed by atoms with van der Waals surface area (Å²) in [6.45, 7) is 4.18. The number of anilines is 4. The van der Waals surface area contributed by atoms with Crippen molar-refractivity contribution >= 4 is 52.7 Å². The van der Waals surface area contributed by atoms with E-state index < -0.39 is 11.9 Å². The van der Waals surface area contributed by atoms with Crippen molar-refractivity contribution < 1.29 is 42.9 Å². The number of piperidine rings is 1. The van der Waals surface area contributed by atoms with Crippen LogP contribution in [0.3, 0.4) is 0 Å². The van der Waals surface area contributed by atoms with E-state index in [2.05, 4.69) is 49.1 Å². The van der Waals surface area contributed by atoms with Crippen LogP contribution in [0, 0.1) is 11.3 Å². The Morgan fingerprint density at radius 2 is 1.73 bits per heavy atom. The number of fused-ring (bicyclic) bond motifs is 4. The summed E-state index contributed by atoms with van der Waals surface area (Å²) in [4.78, 5) is 80.6. The average molecular weight is 904 g/mol. The van der Waals surface area contributed by atoms with E-state index in [1.54, 1.807) is 48.9 Å². The van der Waals surface area contributed by atoms with Gasteiger partial charge in [0.1, 0.15) is 29.9 Å². The molecule has 2 aromatic heterocycles. The standard InChI is InChI=1S/C46H53N11O9/c1-3-35-41-34(24-47)50-27-56(41)37-25-49-46(54-42(37)57(35)29-7-4-5-8-29)52-33-12-11-28(23-38(33)63-2)43(60)48-16-18-65-20-22-66-21-19-64-17-15-40(59)51-32-10-6-9-30-31(32)26-55(45(30)62)36-13-14-39(58)53-44(36)61/h6,9-12,23,25,27,29,35-36H,3-5,7-8,13-22,26H2,1-2H3,(H,48,60)(H,51,59)(H,49,52,54)(H,53,58,61)/t35-,36?/m1/s1. The molecule has 8 rings (SSSR count). The van der Waals surface area contributed by atoms with Crippen LogP contribution in [0.1, 0.15) is 102 Å². The van der Waals surface area contributed by atoms with Gasteiger partial charge in [-0.25, -0.2) is 9.97 Å². The van der Waals surface area contributed by atoms with Crippen molar-refractivity contribution in [3.63, 3.8) is 0 Å². The van der Waals surface area contributed by atoms with Crippen molar-refractivity contribution in [1.29, 1.82) is 5.26 Å². The quantitative estimate of drug-likeness (QED) is 0.0722. The lowest BCUT2D eigenvalue weighted by Crippen LogP contribution is -2.52. The van der Waals surface area contributed by atoms with Gasteiger partial charge < -0.3 is 44.7 Å². The Labute approximate surface area is 381 Å². The van der Waals surface area contributed by atoms with E-state index in [0.717, 1.165) is 49.3 Å². The highest BCUT2D eigenvalue weighted by molar-refractivity contribution is 6.07. The van der Waals surface area contributed by atoms with Gasteiger partial charge in [-0.15, -0.1) is 0 Å². The van der Waals surface area contributed by atoms with Crippen molar-refractivity contribution in [2.75, 3.05) is 68.8 Å². The Kier molecular flexibility index (Phi) is 14.5. The number of imidazole rings is 1. The fourth-order valence-corrected chi connectivity index (χ4v) is 9.04. The maximum atomic E-state index is 13.1. The minimum atomic E-state index is -0.740. The van der Waals surface area contributed by atoms with Crippen LogP contribution in [-0.4, -0.2) is 119 Å². The Hall–Kier alpha value is -6.95. The third-order valence-electron chi connectivity index (χ3n) is 12.2. The molecule has 1 aliphatic carbocycles. The average Bonchev–Trinajstić information content (AvgIpc) is 4.09. The summed E-state index contributed by atoms with van der Waals surface area (Å²) >= 11 is 0. The number of nitrogens with one attached hydrogen (secondary N) is 4. The van der Waals surface area contributed by atoms with Crippen LogP contribution in [0.4, 0.5) is 23.1 Å². The van der Waals surface area contributed by atoms with Crippen LogP contribution < -0.4 is 30.9 Å². The van der Waals surface area contributed by atoms with Gasteiger partial charge in [0.15, 0.2) is 11.5 Å². The normalized spacial score (nSPS) is 17.7. The van der Waals surface area contributed by atoms with E-state index in [-0.39, 0.29) is 87.9 Å². The summed E-state index contributed by atoms with van der Waals surface area (Å²) < 4.78 is 24.3. The molecule has 346 valence electrons. The molecule has 4 N–H and O–H groups in total. The van der Waals surface area contributed by atoms with E-state index in [4.69, 9.17) is 23.9 Å². The summed E-state index contributed by atoms with van der Waals surface area (Å²) in [6, 6.07) is 11.9. The highest BCUT2D eigenvalue weighted by Crippen LogP contribution is 2.45. The molecule has 0 bridgehead atoms. The molecule has 0 radical (unpaired) electrons. The van der Waals surface area contributed by atoms with Crippen molar-refractivity contribution in [2.24, 2.45) is 0 Å². The number of benzene rings is 2. The lowest BCUT2D eigenvalue weighted by Gasteiger charge is -2.41. The molecule has 1 unspecified atom stereocenters. The number of imide groups is 1. The molecule has 1 saturated heterocycles. The maximum absolute atomic E-state index is 13.1. The Morgan fingerprint density at radius 3 is 2.47 bits per heavy atom. The highest BCUT2D eigenvalue weighted by atomic mass is 16.5. The topological polar surface area (TPSA) is 244 Å². The minimum absolute atomic E-state index is 0.0512. The summed E-state index contributed by atoms with van der Waals surface area (Å²) in [5.74, 6) is -0.141. The molecule has 4 aromatic rings. The number of nitrogens with zero attached hydrogens (tertiary/aromatic N) is 7.